The molecule has 7 heteroatoms. The molecule has 0 atom stereocenters. The first-order valence-corrected chi connectivity index (χ1v) is 8.32. The summed E-state index contributed by atoms with van der Waals surface area (Å²) in [5.41, 5.74) is 3.53. The Kier molecular flexibility index (Phi) is 4.07. The summed E-state index contributed by atoms with van der Waals surface area (Å²) < 4.78 is 1.47. The van der Waals surface area contributed by atoms with E-state index in [-0.39, 0.29) is 18.7 Å². The van der Waals surface area contributed by atoms with Crippen molar-refractivity contribution in [2.75, 3.05) is 18.1 Å². The molecular formula is C18H19N5O2. The van der Waals surface area contributed by atoms with Crippen molar-refractivity contribution in [1.29, 1.82) is 0 Å². The van der Waals surface area contributed by atoms with Crippen LogP contribution in [-0.2, 0) is 19.5 Å². The zero-order valence-electron chi connectivity index (χ0n) is 13.7. The van der Waals surface area contributed by atoms with Crippen molar-refractivity contribution in [2.45, 2.75) is 19.5 Å². The molecule has 0 radical (unpaired) electrons. The number of fused-ring (bicyclic) bond motifs is 1. The maximum atomic E-state index is 12.2. The Labute approximate surface area is 144 Å². The molecule has 0 amide bonds. The minimum atomic E-state index is -0.0601. The predicted octanol–water partition coefficient (Wildman–Crippen LogP) is 1.19. The first kappa shape index (κ1) is 15.6. The van der Waals surface area contributed by atoms with Gasteiger partial charge in [-0.1, -0.05) is 30.3 Å². The third kappa shape index (κ3) is 2.94. The Morgan fingerprint density at radius 1 is 1.12 bits per heavy atom. The summed E-state index contributed by atoms with van der Waals surface area (Å²) in [5, 5.41) is 20.8. The van der Waals surface area contributed by atoms with Crippen LogP contribution in [0.25, 0.3) is 11.3 Å². The van der Waals surface area contributed by atoms with Gasteiger partial charge in [-0.2, -0.15) is 0 Å². The molecule has 0 aliphatic carbocycles. The second-order valence-corrected chi connectivity index (χ2v) is 6.06. The highest BCUT2D eigenvalue weighted by Crippen LogP contribution is 2.22. The van der Waals surface area contributed by atoms with E-state index in [1.165, 1.54) is 4.68 Å². The molecule has 0 unspecified atom stereocenters. The number of aromatic amines is 1. The van der Waals surface area contributed by atoms with Crippen molar-refractivity contribution >= 4 is 5.82 Å². The number of rotatable bonds is 4. The molecule has 7 nitrogen and oxygen atoms in total. The Bertz CT molecular complexity index is 915. The first-order chi connectivity index (χ1) is 12.3. The molecule has 2 N–H and O–H groups in total. The zero-order chi connectivity index (χ0) is 17.2. The molecule has 0 saturated heterocycles. The van der Waals surface area contributed by atoms with Crippen LogP contribution in [-0.4, -0.2) is 38.2 Å². The van der Waals surface area contributed by atoms with Crippen LogP contribution < -0.4 is 10.5 Å². The van der Waals surface area contributed by atoms with Crippen molar-refractivity contribution in [3.8, 4) is 11.3 Å². The van der Waals surface area contributed by atoms with Crippen molar-refractivity contribution in [3.63, 3.8) is 0 Å². The van der Waals surface area contributed by atoms with Gasteiger partial charge in [0.15, 0.2) is 5.82 Å². The Balaban J connectivity index is 1.56. The van der Waals surface area contributed by atoms with Crippen LogP contribution in [0.5, 0.6) is 0 Å². The minimum Gasteiger partial charge on any atom is -0.394 e. The quantitative estimate of drug-likeness (QED) is 0.747. The average Bonchev–Trinajstić information content (AvgIpc) is 2.98. The van der Waals surface area contributed by atoms with Gasteiger partial charge in [0, 0.05) is 17.7 Å². The molecule has 2 aromatic heterocycles. The van der Waals surface area contributed by atoms with Crippen molar-refractivity contribution < 1.29 is 5.11 Å². The van der Waals surface area contributed by atoms with Gasteiger partial charge in [0.2, 0.25) is 0 Å². The lowest BCUT2D eigenvalue weighted by Crippen LogP contribution is -2.32. The van der Waals surface area contributed by atoms with E-state index in [0.717, 1.165) is 34.9 Å². The van der Waals surface area contributed by atoms with E-state index in [9.17, 15) is 4.79 Å². The maximum absolute atomic E-state index is 12.2. The highest BCUT2D eigenvalue weighted by Gasteiger charge is 2.23. The summed E-state index contributed by atoms with van der Waals surface area (Å²) in [6, 6.07) is 13.9. The van der Waals surface area contributed by atoms with Crippen molar-refractivity contribution in [2.24, 2.45) is 0 Å². The number of H-pyrrole nitrogens is 1. The largest absolute Gasteiger partial charge is 0.394 e. The smallest absolute Gasteiger partial charge is 0.270 e. The molecule has 4 rings (SSSR count). The highest BCUT2D eigenvalue weighted by molar-refractivity contribution is 5.59. The fourth-order valence-corrected chi connectivity index (χ4v) is 3.19. The van der Waals surface area contributed by atoms with E-state index in [1.807, 2.05) is 42.5 Å². The SMILES string of the molecule is O=c1c2c([nH]n1CCO)CN(c1ccc(-c3ccccc3)nn1)CC2. The molecule has 3 heterocycles. The number of benzene rings is 1. The number of aliphatic hydroxyl groups excluding tert-OH is 1. The third-order valence-corrected chi connectivity index (χ3v) is 4.49. The van der Waals surface area contributed by atoms with E-state index in [4.69, 9.17) is 5.11 Å². The summed E-state index contributed by atoms with van der Waals surface area (Å²) in [5.74, 6) is 0.793. The highest BCUT2D eigenvalue weighted by atomic mass is 16.3. The summed E-state index contributed by atoms with van der Waals surface area (Å²) in [7, 11) is 0. The van der Waals surface area contributed by atoms with Gasteiger partial charge in [0.05, 0.1) is 31.1 Å². The van der Waals surface area contributed by atoms with Crippen LogP contribution in [0, 0.1) is 0 Å². The molecule has 1 aliphatic rings. The minimum absolute atomic E-state index is 0.0331. The number of anilines is 1. The molecule has 0 saturated carbocycles. The van der Waals surface area contributed by atoms with E-state index in [0.29, 0.717) is 13.0 Å². The van der Waals surface area contributed by atoms with Gasteiger partial charge in [-0.25, -0.2) is 0 Å². The number of hydrogen-bond acceptors (Lipinski definition) is 5. The lowest BCUT2D eigenvalue weighted by molar-refractivity contribution is 0.267. The lowest BCUT2D eigenvalue weighted by Gasteiger charge is -2.26. The fourth-order valence-electron chi connectivity index (χ4n) is 3.19. The number of hydrogen-bond donors (Lipinski definition) is 2. The molecule has 1 aliphatic heterocycles. The van der Waals surface area contributed by atoms with Crippen LogP contribution in [0.2, 0.25) is 0 Å². The molecule has 25 heavy (non-hydrogen) atoms. The van der Waals surface area contributed by atoms with Crippen LogP contribution in [0.3, 0.4) is 0 Å². The molecule has 0 fully saturated rings. The summed E-state index contributed by atoms with van der Waals surface area (Å²) in [6.07, 6.45) is 0.658. The van der Waals surface area contributed by atoms with E-state index < -0.39 is 0 Å². The van der Waals surface area contributed by atoms with Crippen LogP contribution >= 0.6 is 0 Å². The fraction of sp³-hybridized carbons (Fsp3) is 0.278. The Morgan fingerprint density at radius 3 is 2.68 bits per heavy atom. The molecule has 3 aromatic rings. The topological polar surface area (TPSA) is 87.0 Å². The van der Waals surface area contributed by atoms with Crippen molar-refractivity contribution in [3.05, 3.63) is 64.1 Å². The molecule has 0 bridgehead atoms. The predicted molar refractivity (Wildman–Crippen MR) is 94.4 cm³/mol. The van der Waals surface area contributed by atoms with E-state index in [1.54, 1.807) is 0 Å². The standard InChI is InChI=1S/C18H19N5O2/c24-11-10-23-18(25)14-8-9-22(12-16(14)21-23)17-7-6-15(19-20-17)13-4-2-1-3-5-13/h1-7,21,24H,8-12H2. The monoisotopic (exact) mass is 337 g/mol. The van der Waals surface area contributed by atoms with Gasteiger partial charge >= 0.3 is 0 Å². The number of aromatic nitrogens is 4. The first-order valence-electron chi connectivity index (χ1n) is 8.32. The van der Waals surface area contributed by atoms with Gasteiger partial charge in [-0.15, -0.1) is 10.2 Å². The molecular weight excluding hydrogens is 318 g/mol. The number of nitrogens with zero attached hydrogens (tertiary/aromatic N) is 4. The second-order valence-electron chi connectivity index (χ2n) is 6.06. The van der Waals surface area contributed by atoms with Gasteiger partial charge in [-0.3, -0.25) is 14.6 Å². The van der Waals surface area contributed by atoms with Crippen LogP contribution in [0.15, 0.2) is 47.3 Å². The van der Waals surface area contributed by atoms with E-state index in [2.05, 4.69) is 20.2 Å². The second kappa shape index (κ2) is 6.52. The normalized spacial score (nSPS) is 13.7. The number of nitrogens with one attached hydrogen (secondary N) is 1. The zero-order valence-corrected chi connectivity index (χ0v) is 13.7. The summed E-state index contributed by atoms with van der Waals surface area (Å²) in [6.45, 7) is 1.54. The van der Waals surface area contributed by atoms with Gasteiger partial charge in [0.1, 0.15) is 0 Å². The Hall–Kier alpha value is -2.93. The molecule has 128 valence electrons. The lowest BCUT2D eigenvalue weighted by atomic mass is 10.1. The van der Waals surface area contributed by atoms with Crippen LogP contribution in [0.1, 0.15) is 11.3 Å². The van der Waals surface area contributed by atoms with Gasteiger partial charge in [-0.05, 0) is 18.6 Å². The van der Waals surface area contributed by atoms with Gasteiger partial charge < -0.3 is 10.0 Å². The van der Waals surface area contributed by atoms with Crippen molar-refractivity contribution in [1.82, 2.24) is 20.0 Å². The van der Waals surface area contributed by atoms with Crippen LogP contribution in [0.4, 0.5) is 5.82 Å². The van der Waals surface area contributed by atoms with E-state index >= 15 is 0 Å². The maximum Gasteiger partial charge on any atom is 0.270 e. The van der Waals surface area contributed by atoms with Gasteiger partial charge in [0.25, 0.3) is 5.56 Å². The molecule has 0 spiro atoms. The molecule has 1 aromatic carbocycles. The average molecular weight is 337 g/mol. The summed E-state index contributed by atoms with van der Waals surface area (Å²) >= 11 is 0. The number of aliphatic hydroxyl groups is 1. The third-order valence-electron chi connectivity index (χ3n) is 4.49. The summed E-state index contributed by atoms with van der Waals surface area (Å²) in [4.78, 5) is 14.3. The Morgan fingerprint density at radius 2 is 1.96 bits per heavy atom.